The normalized spacial score (nSPS) is 16.8. The van der Waals surface area contributed by atoms with Crippen molar-refractivity contribution < 1.29 is 13.5 Å². The Labute approximate surface area is 190 Å². The molecule has 3 rings (SSSR count). The number of aliphatic hydroxyl groups excluding tert-OH is 1. The van der Waals surface area contributed by atoms with Gasteiger partial charge in [-0.25, -0.2) is 0 Å². The van der Waals surface area contributed by atoms with Crippen LogP contribution in [-0.2, 0) is 16.6 Å². The SMILES string of the molecule is CC(C)(Cc1ccc(NS(=O)(=O)N2CCCCC2)cc1)NC[C@@H](O)c1cccc(Cl)c1. The van der Waals surface area contributed by atoms with E-state index in [9.17, 15) is 13.5 Å². The van der Waals surface area contributed by atoms with Crippen molar-refractivity contribution in [2.24, 2.45) is 0 Å². The van der Waals surface area contributed by atoms with Crippen molar-refractivity contribution in [3.63, 3.8) is 0 Å². The van der Waals surface area contributed by atoms with Gasteiger partial charge in [0.25, 0.3) is 0 Å². The van der Waals surface area contributed by atoms with Crippen LogP contribution >= 0.6 is 11.6 Å². The van der Waals surface area contributed by atoms with Crippen molar-refractivity contribution in [1.82, 2.24) is 9.62 Å². The largest absolute Gasteiger partial charge is 0.387 e. The molecule has 31 heavy (non-hydrogen) atoms. The summed E-state index contributed by atoms with van der Waals surface area (Å²) in [5.74, 6) is 0. The van der Waals surface area contributed by atoms with Gasteiger partial charge < -0.3 is 10.4 Å². The van der Waals surface area contributed by atoms with Gasteiger partial charge in [-0.15, -0.1) is 0 Å². The van der Waals surface area contributed by atoms with E-state index in [1.807, 2.05) is 24.3 Å². The Balaban J connectivity index is 1.54. The first-order chi connectivity index (χ1) is 14.6. The van der Waals surface area contributed by atoms with Crippen LogP contribution in [0.5, 0.6) is 0 Å². The molecule has 2 aromatic carbocycles. The predicted molar refractivity (Wildman–Crippen MR) is 127 cm³/mol. The minimum Gasteiger partial charge on any atom is -0.387 e. The Morgan fingerprint density at radius 3 is 2.42 bits per heavy atom. The summed E-state index contributed by atoms with van der Waals surface area (Å²) < 4.78 is 29.3. The van der Waals surface area contributed by atoms with Crippen LogP contribution in [0.4, 0.5) is 5.69 Å². The van der Waals surface area contributed by atoms with E-state index in [0.717, 1.165) is 36.8 Å². The zero-order valence-electron chi connectivity index (χ0n) is 18.1. The molecular formula is C23H32ClN3O3S. The Morgan fingerprint density at radius 1 is 1.10 bits per heavy atom. The number of anilines is 1. The lowest BCUT2D eigenvalue weighted by Crippen LogP contribution is -2.43. The summed E-state index contributed by atoms with van der Waals surface area (Å²) in [5, 5.41) is 14.4. The fourth-order valence-corrected chi connectivity index (χ4v) is 5.29. The summed E-state index contributed by atoms with van der Waals surface area (Å²) >= 11 is 6.01. The molecule has 0 aliphatic carbocycles. The molecule has 1 saturated heterocycles. The Bertz CT molecular complexity index is 958. The number of rotatable bonds is 9. The number of benzene rings is 2. The lowest BCUT2D eigenvalue weighted by Gasteiger charge is -2.28. The van der Waals surface area contributed by atoms with E-state index in [-0.39, 0.29) is 5.54 Å². The quantitative estimate of drug-likeness (QED) is 0.520. The maximum atomic E-state index is 12.5. The maximum absolute atomic E-state index is 12.5. The highest BCUT2D eigenvalue weighted by Crippen LogP contribution is 2.21. The van der Waals surface area contributed by atoms with Gasteiger partial charge in [-0.1, -0.05) is 42.3 Å². The molecule has 1 fully saturated rings. The van der Waals surface area contributed by atoms with Gasteiger partial charge >= 0.3 is 10.2 Å². The van der Waals surface area contributed by atoms with Crippen molar-refractivity contribution in [1.29, 1.82) is 0 Å². The summed E-state index contributed by atoms with van der Waals surface area (Å²) in [4.78, 5) is 0. The summed E-state index contributed by atoms with van der Waals surface area (Å²) in [5.41, 5.74) is 2.17. The fourth-order valence-electron chi connectivity index (χ4n) is 3.79. The van der Waals surface area contributed by atoms with Gasteiger partial charge in [0.15, 0.2) is 0 Å². The molecule has 0 spiro atoms. The van der Waals surface area contributed by atoms with Crippen LogP contribution in [-0.4, -0.2) is 43.0 Å². The third-order valence-corrected chi connectivity index (χ3v) is 7.28. The topological polar surface area (TPSA) is 81.7 Å². The average molecular weight is 466 g/mol. The molecule has 1 atom stereocenters. The van der Waals surface area contributed by atoms with E-state index in [2.05, 4.69) is 23.9 Å². The van der Waals surface area contributed by atoms with Gasteiger partial charge in [-0.05, 0) is 68.5 Å². The molecule has 0 radical (unpaired) electrons. The Kier molecular flexibility index (Phi) is 7.99. The first-order valence-corrected chi connectivity index (χ1v) is 12.5. The van der Waals surface area contributed by atoms with Crippen LogP contribution in [0.15, 0.2) is 48.5 Å². The second-order valence-corrected chi connectivity index (χ2v) is 10.9. The van der Waals surface area contributed by atoms with Crippen LogP contribution in [0, 0.1) is 0 Å². The maximum Gasteiger partial charge on any atom is 0.301 e. The number of aliphatic hydroxyl groups is 1. The number of nitrogens with one attached hydrogen (secondary N) is 2. The van der Waals surface area contributed by atoms with Crippen LogP contribution in [0.1, 0.15) is 50.3 Å². The highest BCUT2D eigenvalue weighted by atomic mass is 35.5. The van der Waals surface area contributed by atoms with Gasteiger partial charge in [-0.3, -0.25) is 4.72 Å². The van der Waals surface area contributed by atoms with E-state index in [1.54, 1.807) is 24.3 Å². The number of hydrogen-bond donors (Lipinski definition) is 3. The molecular weight excluding hydrogens is 434 g/mol. The van der Waals surface area contributed by atoms with Crippen LogP contribution in [0.2, 0.25) is 5.02 Å². The third kappa shape index (κ3) is 7.19. The average Bonchev–Trinajstić information content (AvgIpc) is 2.74. The lowest BCUT2D eigenvalue weighted by atomic mass is 9.94. The van der Waals surface area contributed by atoms with E-state index >= 15 is 0 Å². The highest BCUT2D eigenvalue weighted by Gasteiger charge is 2.24. The monoisotopic (exact) mass is 465 g/mol. The third-order valence-electron chi connectivity index (χ3n) is 5.51. The molecule has 3 N–H and O–H groups in total. The first-order valence-electron chi connectivity index (χ1n) is 10.7. The molecule has 0 aromatic heterocycles. The fraction of sp³-hybridized carbons (Fsp3) is 0.478. The molecule has 0 saturated carbocycles. The Hall–Kier alpha value is -1.64. The summed E-state index contributed by atoms with van der Waals surface area (Å²) in [6.07, 6.45) is 2.99. The molecule has 170 valence electrons. The summed E-state index contributed by atoms with van der Waals surface area (Å²) in [7, 11) is -3.50. The predicted octanol–water partition coefficient (Wildman–Crippen LogP) is 4.13. The van der Waals surface area contributed by atoms with Crippen LogP contribution < -0.4 is 10.0 Å². The van der Waals surface area contributed by atoms with Crippen LogP contribution in [0.25, 0.3) is 0 Å². The first kappa shape index (κ1) is 24.0. The van der Waals surface area contributed by atoms with E-state index in [4.69, 9.17) is 11.6 Å². The Morgan fingerprint density at radius 2 is 1.77 bits per heavy atom. The van der Waals surface area contributed by atoms with Crippen LogP contribution in [0.3, 0.4) is 0 Å². The zero-order valence-corrected chi connectivity index (χ0v) is 19.7. The van der Waals surface area contributed by atoms with Crippen molar-refractivity contribution in [2.75, 3.05) is 24.4 Å². The van der Waals surface area contributed by atoms with Gasteiger partial charge in [0, 0.05) is 35.9 Å². The van der Waals surface area contributed by atoms with Gasteiger partial charge in [-0.2, -0.15) is 12.7 Å². The van der Waals surface area contributed by atoms with E-state index < -0.39 is 16.3 Å². The molecule has 2 aromatic rings. The van der Waals surface area contributed by atoms with E-state index in [1.165, 1.54) is 4.31 Å². The minimum atomic E-state index is -3.50. The highest BCUT2D eigenvalue weighted by molar-refractivity contribution is 7.90. The molecule has 0 bridgehead atoms. The van der Waals surface area contributed by atoms with Crippen molar-refractivity contribution in [2.45, 2.75) is 51.2 Å². The van der Waals surface area contributed by atoms with Crippen molar-refractivity contribution in [3.05, 3.63) is 64.7 Å². The number of nitrogens with zero attached hydrogens (tertiary/aromatic N) is 1. The van der Waals surface area contributed by atoms with Crippen molar-refractivity contribution >= 4 is 27.5 Å². The second-order valence-electron chi connectivity index (χ2n) is 8.78. The smallest absolute Gasteiger partial charge is 0.301 e. The molecule has 0 unspecified atom stereocenters. The molecule has 6 nitrogen and oxygen atoms in total. The van der Waals surface area contributed by atoms with E-state index in [0.29, 0.717) is 30.3 Å². The zero-order chi connectivity index (χ0) is 22.5. The van der Waals surface area contributed by atoms with Gasteiger partial charge in [0.2, 0.25) is 0 Å². The van der Waals surface area contributed by atoms with Crippen molar-refractivity contribution in [3.8, 4) is 0 Å². The molecule has 1 aliphatic rings. The number of β-amino-alcohol motifs (C(OH)–C–C–N with tert-alkyl or cyclic N) is 1. The summed E-state index contributed by atoms with van der Waals surface area (Å²) in [6.45, 7) is 5.71. The molecule has 8 heteroatoms. The number of hydrogen-bond acceptors (Lipinski definition) is 4. The standard InChI is InChI=1S/C23H32ClN3O3S/c1-23(2,25-17-22(28)19-7-6-8-20(24)15-19)16-18-9-11-21(12-10-18)26-31(29,30)27-13-4-3-5-14-27/h6-12,15,22,25-26,28H,3-5,13-14,16-17H2,1-2H3/t22-/m1/s1. The van der Waals surface area contributed by atoms with Gasteiger partial charge in [0.1, 0.15) is 0 Å². The molecule has 1 heterocycles. The lowest BCUT2D eigenvalue weighted by molar-refractivity contribution is 0.160. The minimum absolute atomic E-state index is 0.256. The second kappa shape index (κ2) is 10.3. The number of piperidine rings is 1. The molecule has 1 aliphatic heterocycles. The summed E-state index contributed by atoms with van der Waals surface area (Å²) in [6, 6.07) is 14.7. The molecule has 0 amide bonds. The van der Waals surface area contributed by atoms with Gasteiger partial charge in [0.05, 0.1) is 6.10 Å². The number of halogens is 1.